The molecule has 0 aromatic carbocycles. The Labute approximate surface area is 131 Å². The quantitative estimate of drug-likeness (QED) is 0.719. The first kappa shape index (κ1) is 17.0. The van der Waals surface area contributed by atoms with Gasteiger partial charge in [0, 0.05) is 7.11 Å². The summed E-state index contributed by atoms with van der Waals surface area (Å²) in [5, 5.41) is 10.3. The summed E-state index contributed by atoms with van der Waals surface area (Å²) in [5.41, 5.74) is 1.69. The van der Waals surface area contributed by atoms with Gasteiger partial charge in [-0.25, -0.2) is 0 Å². The maximum atomic E-state index is 10.3. The molecular weight excluding hydrogens is 260 g/mol. The number of aliphatic hydroxyl groups excluding tert-OH is 1. The Balaban J connectivity index is 1.91. The maximum Gasteiger partial charge on any atom is 0.0622 e. The summed E-state index contributed by atoms with van der Waals surface area (Å²) < 4.78 is 5.50. The average molecular weight is 294 g/mol. The van der Waals surface area contributed by atoms with E-state index in [0.29, 0.717) is 17.3 Å². The molecule has 0 heterocycles. The van der Waals surface area contributed by atoms with Gasteiger partial charge in [-0.15, -0.1) is 0 Å². The minimum atomic E-state index is -0.0750. The Morgan fingerprint density at radius 2 is 2.05 bits per heavy atom. The Kier molecular flexibility index (Phi) is 5.20. The number of fused-ring (bicyclic) bond motifs is 1. The fraction of sp³-hybridized carbons (Fsp3) is 0.895. The van der Waals surface area contributed by atoms with Crippen molar-refractivity contribution in [1.82, 2.24) is 0 Å². The van der Waals surface area contributed by atoms with Crippen LogP contribution in [0.2, 0.25) is 0 Å². The lowest BCUT2D eigenvalue weighted by Gasteiger charge is -2.44. The molecule has 0 saturated heterocycles. The molecule has 0 aromatic heterocycles. The van der Waals surface area contributed by atoms with Crippen molar-refractivity contribution < 1.29 is 9.84 Å². The van der Waals surface area contributed by atoms with E-state index in [4.69, 9.17) is 4.74 Å². The summed E-state index contributed by atoms with van der Waals surface area (Å²) in [6.07, 6.45) is 9.12. The summed E-state index contributed by atoms with van der Waals surface area (Å²) >= 11 is 0. The Hall–Kier alpha value is -0.340. The van der Waals surface area contributed by atoms with Gasteiger partial charge in [0.05, 0.1) is 11.7 Å². The van der Waals surface area contributed by atoms with E-state index < -0.39 is 0 Å². The smallest absolute Gasteiger partial charge is 0.0622 e. The first-order chi connectivity index (χ1) is 9.80. The van der Waals surface area contributed by atoms with E-state index >= 15 is 0 Å². The number of hydrogen-bond acceptors (Lipinski definition) is 2. The van der Waals surface area contributed by atoms with Crippen LogP contribution in [-0.2, 0) is 4.74 Å². The van der Waals surface area contributed by atoms with Crippen LogP contribution in [0.3, 0.4) is 0 Å². The van der Waals surface area contributed by atoms with Crippen molar-refractivity contribution >= 4 is 0 Å². The van der Waals surface area contributed by atoms with E-state index in [-0.39, 0.29) is 11.7 Å². The second-order valence-electron chi connectivity index (χ2n) is 8.18. The van der Waals surface area contributed by atoms with E-state index in [0.717, 1.165) is 25.7 Å². The third-order valence-corrected chi connectivity index (χ3v) is 6.41. The minimum Gasteiger partial charge on any atom is -0.393 e. The van der Waals surface area contributed by atoms with E-state index in [9.17, 15) is 5.11 Å². The zero-order valence-electron chi connectivity index (χ0n) is 14.5. The van der Waals surface area contributed by atoms with Crippen molar-refractivity contribution in [1.29, 1.82) is 0 Å². The summed E-state index contributed by atoms with van der Waals surface area (Å²) in [6, 6.07) is 0. The van der Waals surface area contributed by atoms with E-state index in [2.05, 4.69) is 27.4 Å². The van der Waals surface area contributed by atoms with Gasteiger partial charge >= 0.3 is 0 Å². The zero-order valence-corrected chi connectivity index (χ0v) is 14.5. The van der Waals surface area contributed by atoms with Crippen LogP contribution in [0, 0.1) is 17.3 Å². The highest BCUT2D eigenvalue weighted by Gasteiger charge is 2.51. The number of methoxy groups -OCH3 is 1. The molecule has 122 valence electrons. The lowest BCUT2D eigenvalue weighted by molar-refractivity contribution is -0.0117. The predicted octanol–water partition coefficient (Wildman–Crippen LogP) is 4.72. The summed E-state index contributed by atoms with van der Waals surface area (Å²) in [7, 11) is 1.79. The van der Waals surface area contributed by atoms with Crippen LogP contribution in [0.25, 0.3) is 0 Å². The van der Waals surface area contributed by atoms with Crippen LogP contribution in [0.1, 0.15) is 72.1 Å². The highest BCUT2D eigenvalue weighted by atomic mass is 16.5. The Morgan fingerprint density at radius 1 is 1.33 bits per heavy atom. The number of aliphatic hydroxyl groups is 1. The lowest BCUT2D eigenvalue weighted by atomic mass is 9.62. The molecule has 21 heavy (non-hydrogen) atoms. The van der Waals surface area contributed by atoms with Crippen LogP contribution in [0.15, 0.2) is 12.2 Å². The Morgan fingerprint density at radius 3 is 2.71 bits per heavy atom. The van der Waals surface area contributed by atoms with Crippen molar-refractivity contribution in [2.75, 3.05) is 7.11 Å². The van der Waals surface area contributed by atoms with Gasteiger partial charge in [0.25, 0.3) is 0 Å². The molecule has 0 unspecified atom stereocenters. The highest BCUT2D eigenvalue weighted by molar-refractivity contribution is 5.13. The van der Waals surface area contributed by atoms with Gasteiger partial charge in [0.1, 0.15) is 0 Å². The van der Waals surface area contributed by atoms with Crippen LogP contribution in [-0.4, -0.2) is 23.9 Å². The van der Waals surface area contributed by atoms with Crippen LogP contribution < -0.4 is 0 Å². The van der Waals surface area contributed by atoms with Crippen LogP contribution in [0.5, 0.6) is 0 Å². The van der Waals surface area contributed by atoms with Gasteiger partial charge in [-0.2, -0.15) is 0 Å². The second-order valence-corrected chi connectivity index (χ2v) is 8.18. The van der Waals surface area contributed by atoms with Gasteiger partial charge < -0.3 is 9.84 Å². The molecule has 0 radical (unpaired) electrons. The fourth-order valence-electron chi connectivity index (χ4n) is 4.84. The largest absolute Gasteiger partial charge is 0.393 e. The van der Waals surface area contributed by atoms with Crippen LogP contribution >= 0.6 is 0 Å². The summed E-state index contributed by atoms with van der Waals surface area (Å²) in [4.78, 5) is 0. The topological polar surface area (TPSA) is 29.5 Å². The van der Waals surface area contributed by atoms with Crippen molar-refractivity contribution in [2.24, 2.45) is 17.3 Å². The molecule has 0 spiro atoms. The molecule has 2 nitrogen and oxygen atoms in total. The van der Waals surface area contributed by atoms with Gasteiger partial charge in [0.15, 0.2) is 0 Å². The second kappa shape index (κ2) is 6.42. The minimum absolute atomic E-state index is 0.0244. The third kappa shape index (κ3) is 3.53. The van der Waals surface area contributed by atoms with Gasteiger partial charge in [-0.1, -0.05) is 25.5 Å². The summed E-state index contributed by atoms with van der Waals surface area (Å²) in [5.74, 6) is 1.12. The molecular formula is C19H34O2. The summed E-state index contributed by atoms with van der Waals surface area (Å²) in [6.45, 7) is 11.1. The average Bonchev–Trinajstić information content (AvgIpc) is 2.77. The molecule has 2 saturated carbocycles. The molecule has 0 aliphatic heterocycles. The molecule has 2 rings (SSSR count). The number of ether oxygens (including phenoxy) is 1. The molecule has 2 fully saturated rings. The molecule has 0 bridgehead atoms. The lowest BCUT2D eigenvalue weighted by Crippen LogP contribution is -2.40. The first-order valence-corrected chi connectivity index (χ1v) is 8.71. The van der Waals surface area contributed by atoms with E-state index in [1.165, 1.54) is 31.3 Å². The van der Waals surface area contributed by atoms with Crippen LogP contribution in [0.4, 0.5) is 0 Å². The molecule has 0 aromatic rings. The number of hydrogen-bond donors (Lipinski definition) is 1. The Bertz CT molecular complexity index is 374. The first-order valence-electron chi connectivity index (χ1n) is 8.71. The molecule has 2 heteroatoms. The normalized spacial score (nSPS) is 36.5. The molecule has 0 amide bonds. The molecule has 2 aliphatic carbocycles. The SMILES string of the molecule is C=C(CCCC(C)(C)OC)[C@H]1CC[C@H]2[C@@H](O)CCC[C@]12C. The number of allylic oxidation sites excluding steroid dienone is 1. The molecule has 2 aliphatic rings. The van der Waals surface area contributed by atoms with Crippen molar-refractivity contribution in [3.05, 3.63) is 12.2 Å². The predicted molar refractivity (Wildman–Crippen MR) is 88.3 cm³/mol. The van der Waals surface area contributed by atoms with Crippen molar-refractivity contribution in [3.8, 4) is 0 Å². The fourth-order valence-corrected chi connectivity index (χ4v) is 4.84. The number of rotatable bonds is 6. The highest BCUT2D eigenvalue weighted by Crippen LogP contribution is 2.57. The van der Waals surface area contributed by atoms with Gasteiger partial charge in [-0.3, -0.25) is 0 Å². The van der Waals surface area contributed by atoms with E-state index in [1.54, 1.807) is 7.11 Å². The van der Waals surface area contributed by atoms with Crippen molar-refractivity contribution in [3.63, 3.8) is 0 Å². The third-order valence-electron chi connectivity index (χ3n) is 6.41. The van der Waals surface area contributed by atoms with Gasteiger partial charge in [0.2, 0.25) is 0 Å². The van der Waals surface area contributed by atoms with E-state index in [1.807, 2.05) is 0 Å². The van der Waals surface area contributed by atoms with Gasteiger partial charge in [-0.05, 0) is 76.0 Å². The van der Waals surface area contributed by atoms with Crippen molar-refractivity contribution in [2.45, 2.75) is 83.8 Å². The standard InChI is InChI=1S/C19H34O2/c1-14(8-6-12-18(2,3)21-5)15-10-11-16-17(20)9-7-13-19(15,16)4/h15-17,20H,1,6-13H2,2-5H3/t15-,16+,17+,19-/m1/s1. The monoisotopic (exact) mass is 294 g/mol. The molecule has 1 N–H and O–H groups in total. The zero-order chi connectivity index (χ0) is 15.7. The molecule has 4 atom stereocenters. The maximum absolute atomic E-state index is 10.3.